The van der Waals surface area contributed by atoms with Crippen molar-refractivity contribution in [3.8, 4) is 50.7 Å². The Morgan fingerprint density at radius 1 is 0.435 bits per heavy atom. The molecule has 0 fully saturated rings. The molecule has 85 heavy (non-hydrogen) atoms. The van der Waals surface area contributed by atoms with Gasteiger partial charge in [-0.1, -0.05) is 244 Å². The van der Waals surface area contributed by atoms with Crippen molar-refractivity contribution in [2.45, 2.75) is 84.0 Å². The Morgan fingerprint density at radius 2 is 0.965 bits per heavy atom. The average molecular weight is 1280 g/mol. The summed E-state index contributed by atoms with van der Waals surface area (Å²) < 4.78 is 9.65. The van der Waals surface area contributed by atoms with E-state index >= 15 is 0 Å². The van der Waals surface area contributed by atoms with Gasteiger partial charge in [0.2, 0.25) is 0 Å². The van der Waals surface area contributed by atoms with E-state index in [1.165, 1.54) is 44.5 Å². The van der Waals surface area contributed by atoms with Crippen LogP contribution in [0.5, 0.6) is 11.5 Å². The Morgan fingerprint density at radius 3 is 1.58 bits per heavy atom. The van der Waals surface area contributed by atoms with Gasteiger partial charge in [-0.15, -0.1) is 53.6 Å². The molecule has 2 aliphatic rings. The van der Waals surface area contributed by atoms with E-state index < -0.39 is 5.41 Å². The Bertz CT molecular complexity index is 4380. The smallest absolute Gasteiger partial charge is 0.135 e. The van der Waals surface area contributed by atoms with Gasteiger partial charge >= 0.3 is 0 Å². The van der Waals surface area contributed by atoms with Crippen LogP contribution in [0.3, 0.4) is 0 Å². The normalized spacial score (nSPS) is 13.6. The van der Waals surface area contributed by atoms with Crippen molar-refractivity contribution < 1.29 is 25.8 Å². The molecule has 1 aliphatic heterocycles. The first-order valence-electron chi connectivity index (χ1n) is 29.3. The van der Waals surface area contributed by atoms with Gasteiger partial charge in [-0.2, -0.15) is 6.07 Å². The molecule has 0 amide bonds. The van der Waals surface area contributed by atoms with Gasteiger partial charge in [-0.05, 0) is 108 Å². The summed E-state index contributed by atoms with van der Waals surface area (Å²) in [5, 5.41) is 2.19. The predicted octanol–water partition coefficient (Wildman–Crippen LogP) is 20.6. The summed E-state index contributed by atoms with van der Waals surface area (Å²) >= 11 is 0. The Labute approximate surface area is 515 Å². The SMILES string of the molecule is CC(C)(C)c1cc(C(C)(C)C)cc(C2(c3cc(Oc4[c-]c5c(cc4)c4ccccc4n5-c4cc(C(C)(C)C)ccn4)[c-]c(N4[CH-]N(c5c(-c6ccccc6)cccc5-c5ccccc5)c5ccccc54)c3)c3ccccc3-c3ccccc32)c1.[Pt]. The maximum atomic E-state index is 7.42. The van der Waals surface area contributed by atoms with Gasteiger partial charge < -0.3 is 19.1 Å². The molecule has 0 unspecified atom stereocenters. The molecule has 5 nitrogen and oxygen atoms in total. The number of hydrogen-bond donors (Lipinski definition) is 0. The Hall–Kier alpha value is -8.76. The number of pyridine rings is 1. The number of aromatic nitrogens is 2. The largest absolute Gasteiger partial charge is 0.509 e. The monoisotopic (exact) mass is 1280 g/mol. The molecule has 6 heteroatoms. The molecule has 0 bridgehead atoms. The van der Waals surface area contributed by atoms with E-state index in [4.69, 9.17) is 9.72 Å². The van der Waals surface area contributed by atoms with Crippen LogP contribution in [0.15, 0.2) is 237 Å². The van der Waals surface area contributed by atoms with E-state index in [2.05, 4.69) is 326 Å². The van der Waals surface area contributed by atoms with Crippen LogP contribution in [-0.4, -0.2) is 9.55 Å². The summed E-state index contributed by atoms with van der Waals surface area (Å²) in [6.45, 7) is 23.0. The van der Waals surface area contributed by atoms with Crippen molar-refractivity contribution in [2.75, 3.05) is 9.80 Å². The van der Waals surface area contributed by atoms with E-state index in [0.29, 0.717) is 11.5 Å². The molecule has 12 aromatic rings. The number of anilines is 4. The number of rotatable bonds is 9. The molecule has 0 spiro atoms. The molecule has 422 valence electrons. The fourth-order valence-electron chi connectivity index (χ4n) is 12.9. The summed E-state index contributed by atoms with van der Waals surface area (Å²) in [5.41, 5.74) is 20.2. The van der Waals surface area contributed by atoms with E-state index in [1.54, 1.807) is 0 Å². The number of hydrogen-bond acceptors (Lipinski definition) is 4. The molecule has 2 aromatic heterocycles. The first-order valence-corrected chi connectivity index (χ1v) is 29.3. The van der Waals surface area contributed by atoms with Crippen LogP contribution in [0.2, 0.25) is 0 Å². The second kappa shape index (κ2) is 21.1. The van der Waals surface area contributed by atoms with Crippen LogP contribution in [0.4, 0.5) is 22.7 Å². The first-order chi connectivity index (χ1) is 40.5. The van der Waals surface area contributed by atoms with Crippen LogP contribution in [-0.2, 0) is 42.7 Å². The van der Waals surface area contributed by atoms with Gasteiger partial charge in [-0.3, -0.25) is 0 Å². The number of ether oxygens (including phenoxy) is 1. The third kappa shape index (κ3) is 9.49. The Balaban J connectivity index is 0.00000672. The molecule has 14 rings (SSSR count). The Kier molecular flexibility index (Phi) is 13.7. The topological polar surface area (TPSA) is 33.5 Å². The molecular weight excluding hydrogens is 1220 g/mol. The molecule has 10 aromatic carbocycles. The average Bonchev–Trinajstić information content (AvgIpc) is 1.66. The molecule has 0 N–H and O–H groups in total. The van der Waals surface area contributed by atoms with Gasteiger partial charge in [0, 0.05) is 77.9 Å². The van der Waals surface area contributed by atoms with Crippen LogP contribution in [0.1, 0.15) is 101 Å². The van der Waals surface area contributed by atoms with E-state index in [9.17, 15) is 0 Å². The fourth-order valence-corrected chi connectivity index (χ4v) is 12.9. The maximum Gasteiger partial charge on any atom is 0.135 e. The molecule has 3 heterocycles. The first kappa shape index (κ1) is 55.4. The summed E-state index contributed by atoms with van der Waals surface area (Å²) in [4.78, 5) is 9.70. The predicted molar refractivity (Wildman–Crippen MR) is 349 cm³/mol. The van der Waals surface area contributed by atoms with Crippen molar-refractivity contribution in [2.24, 2.45) is 0 Å². The molecule has 0 saturated heterocycles. The zero-order valence-electron chi connectivity index (χ0n) is 49.6. The summed E-state index contributed by atoms with van der Waals surface area (Å²) in [6.07, 6.45) is 1.92. The van der Waals surface area contributed by atoms with Crippen molar-refractivity contribution >= 4 is 44.6 Å². The van der Waals surface area contributed by atoms with Gasteiger partial charge in [0.25, 0.3) is 0 Å². The standard InChI is InChI=1S/C79H67N4O.Pt/c1-76(2,3)54-41-42-80-74(48-54)83-70-36-21-18-31-66(70)67-40-39-60(50-73(67)83)84-61-47-58(79(57-44-55(77(4,5)6)43-56(45-57)78(7,8)9)68-34-19-16-29-64(68)65-30-17-20-35-69(65)79)46-59(49-61)81-51-82(72-38-23-22-37-71(72)81)75-62(52-25-12-10-13-26-52)32-24-33-63(75)53-27-14-11-15-28-53;/h10-48,51H,1-9H3;/q-3;. The van der Waals surface area contributed by atoms with Gasteiger partial charge in [0.05, 0.1) is 0 Å². The van der Waals surface area contributed by atoms with Gasteiger partial charge in [0.15, 0.2) is 0 Å². The third-order valence-corrected chi connectivity index (χ3v) is 17.3. The number of fused-ring (bicyclic) bond motifs is 7. The molecule has 0 atom stereocenters. The van der Waals surface area contributed by atoms with Crippen LogP contribution < -0.4 is 14.5 Å². The minimum absolute atomic E-state index is 0. The molecule has 0 saturated carbocycles. The third-order valence-electron chi connectivity index (χ3n) is 17.3. The minimum Gasteiger partial charge on any atom is -0.509 e. The molecule has 1 aliphatic carbocycles. The van der Waals surface area contributed by atoms with E-state index in [1.807, 2.05) is 6.20 Å². The number of benzene rings is 10. The van der Waals surface area contributed by atoms with Gasteiger partial charge in [0.1, 0.15) is 5.82 Å². The van der Waals surface area contributed by atoms with Crippen molar-refractivity contribution in [1.82, 2.24) is 9.55 Å². The fraction of sp³-hybridized carbons (Fsp3) is 0.165. The second-order valence-electron chi connectivity index (χ2n) is 25.7. The van der Waals surface area contributed by atoms with Gasteiger partial charge in [-0.25, -0.2) is 4.98 Å². The summed E-state index contributed by atoms with van der Waals surface area (Å²) in [6, 6.07) is 91.9. The van der Waals surface area contributed by atoms with Crippen molar-refractivity contribution in [3.05, 3.63) is 294 Å². The number of nitrogens with zero attached hydrogens (tertiary/aromatic N) is 4. The van der Waals surface area contributed by atoms with Crippen molar-refractivity contribution in [3.63, 3.8) is 0 Å². The van der Waals surface area contributed by atoms with Crippen molar-refractivity contribution in [1.29, 1.82) is 0 Å². The molecule has 0 radical (unpaired) electrons. The molecular formula is C79H67N4OPt-3. The number of para-hydroxylation sites is 4. The zero-order chi connectivity index (χ0) is 57.7. The van der Waals surface area contributed by atoms with Crippen LogP contribution in [0.25, 0.3) is 61.0 Å². The zero-order valence-corrected chi connectivity index (χ0v) is 51.9. The van der Waals surface area contributed by atoms with E-state index in [-0.39, 0.29) is 37.3 Å². The quantitative estimate of drug-likeness (QED) is 0.135. The van der Waals surface area contributed by atoms with E-state index in [0.717, 1.165) is 78.2 Å². The van der Waals surface area contributed by atoms with Crippen LogP contribution >= 0.6 is 0 Å². The minimum atomic E-state index is -0.806. The second-order valence-corrected chi connectivity index (χ2v) is 25.7. The van der Waals surface area contributed by atoms with Crippen LogP contribution in [0, 0.1) is 18.8 Å². The maximum absolute atomic E-state index is 7.42. The summed E-state index contributed by atoms with van der Waals surface area (Å²) in [7, 11) is 0. The summed E-state index contributed by atoms with van der Waals surface area (Å²) in [5.74, 6) is 1.97.